The number of carboxylic acids is 1. The molecule has 0 bridgehead atoms. The number of rotatable bonds is 3. The van der Waals surface area contributed by atoms with Gasteiger partial charge in [0.15, 0.2) is 0 Å². The van der Waals surface area contributed by atoms with E-state index < -0.39 is 5.97 Å². The second-order valence-corrected chi connectivity index (χ2v) is 7.27. The second-order valence-electron chi connectivity index (χ2n) is 7.27. The van der Waals surface area contributed by atoms with Gasteiger partial charge in [0.2, 0.25) is 0 Å². The number of amides is 1. The molecular weight excluding hydrogens is 318 g/mol. The topological polar surface area (TPSA) is 73.7 Å². The molecule has 2 saturated heterocycles. The lowest BCUT2D eigenvalue weighted by Crippen LogP contribution is -2.45. The van der Waals surface area contributed by atoms with Gasteiger partial charge in [0, 0.05) is 32.4 Å². The SMILES string of the molecule is CC1CN(C(=O)c2ccc(N3CCCCCC3)nc2)CCC1C(=O)O. The Morgan fingerprint density at radius 1 is 1.12 bits per heavy atom. The van der Waals surface area contributed by atoms with Crippen molar-refractivity contribution in [3.8, 4) is 0 Å². The van der Waals surface area contributed by atoms with Crippen LogP contribution < -0.4 is 4.90 Å². The maximum absolute atomic E-state index is 12.7. The summed E-state index contributed by atoms with van der Waals surface area (Å²) in [6.45, 7) is 4.94. The number of aromatic nitrogens is 1. The highest BCUT2D eigenvalue weighted by Gasteiger charge is 2.33. The standard InChI is InChI=1S/C19H27N3O3/c1-14-13-22(11-8-16(14)19(24)25)18(23)15-6-7-17(20-12-15)21-9-4-2-3-5-10-21/h6-7,12,14,16H,2-5,8-11,13H2,1H3,(H,24,25). The van der Waals surface area contributed by atoms with Crippen LogP contribution in [0.25, 0.3) is 0 Å². The van der Waals surface area contributed by atoms with Crippen molar-refractivity contribution >= 4 is 17.7 Å². The molecule has 0 aliphatic carbocycles. The summed E-state index contributed by atoms with van der Waals surface area (Å²) < 4.78 is 0. The van der Waals surface area contributed by atoms with Crippen LogP contribution in [0, 0.1) is 11.8 Å². The van der Waals surface area contributed by atoms with Crippen LogP contribution in [0.3, 0.4) is 0 Å². The molecule has 0 spiro atoms. The van der Waals surface area contributed by atoms with Crippen molar-refractivity contribution in [2.45, 2.75) is 39.0 Å². The Morgan fingerprint density at radius 3 is 2.40 bits per heavy atom. The number of likely N-dealkylation sites (tertiary alicyclic amines) is 1. The maximum atomic E-state index is 12.7. The quantitative estimate of drug-likeness (QED) is 0.912. The van der Waals surface area contributed by atoms with Crippen LogP contribution in [0.2, 0.25) is 0 Å². The fourth-order valence-corrected chi connectivity index (χ4v) is 3.88. The number of aliphatic carboxylic acids is 1. The summed E-state index contributed by atoms with van der Waals surface area (Å²) in [5.41, 5.74) is 0.583. The highest BCUT2D eigenvalue weighted by atomic mass is 16.4. The Hall–Kier alpha value is -2.11. The van der Waals surface area contributed by atoms with Crippen molar-refractivity contribution in [3.63, 3.8) is 0 Å². The molecule has 2 fully saturated rings. The van der Waals surface area contributed by atoms with Crippen molar-refractivity contribution in [1.29, 1.82) is 0 Å². The Bertz CT molecular complexity index is 609. The molecule has 0 radical (unpaired) electrons. The van der Waals surface area contributed by atoms with Crippen molar-refractivity contribution in [1.82, 2.24) is 9.88 Å². The van der Waals surface area contributed by atoms with Gasteiger partial charge in [-0.1, -0.05) is 19.8 Å². The largest absolute Gasteiger partial charge is 0.481 e. The Morgan fingerprint density at radius 2 is 1.84 bits per heavy atom. The predicted octanol–water partition coefficient (Wildman–Crippen LogP) is 2.64. The molecule has 1 amide bonds. The minimum Gasteiger partial charge on any atom is -0.481 e. The van der Waals surface area contributed by atoms with Gasteiger partial charge in [-0.2, -0.15) is 0 Å². The first-order valence-electron chi connectivity index (χ1n) is 9.29. The predicted molar refractivity (Wildman–Crippen MR) is 95.7 cm³/mol. The van der Waals surface area contributed by atoms with E-state index in [9.17, 15) is 14.7 Å². The van der Waals surface area contributed by atoms with E-state index in [1.54, 1.807) is 11.1 Å². The molecule has 3 rings (SSSR count). The first-order chi connectivity index (χ1) is 12.1. The Balaban J connectivity index is 1.64. The number of hydrogen-bond acceptors (Lipinski definition) is 4. The van der Waals surface area contributed by atoms with E-state index in [0.29, 0.717) is 25.1 Å². The molecule has 6 heteroatoms. The van der Waals surface area contributed by atoms with Crippen LogP contribution in [-0.2, 0) is 4.79 Å². The van der Waals surface area contributed by atoms with Crippen LogP contribution in [0.15, 0.2) is 18.3 Å². The van der Waals surface area contributed by atoms with E-state index in [2.05, 4.69) is 9.88 Å². The lowest BCUT2D eigenvalue weighted by atomic mass is 9.87. The van der Waals surface area contributed by atoms with Crippen molar-refractivity contribution in [3.05, 3.63) is 23.9 Å². The fourth-order valence-electron chi connectivity index (χ4n) is 3.88. The number of hydrogen-bond donors (Lipinski definition) is 1. The van der Waals surface area contributed by atoms with E-state index >= 15 is 0 Å². The average molecular weight is 345 g/mol. The van der Waals surface area contributed by atoms with E-state index in [1.165, 1.54) is 25.7 Å². The minimum atomic E-state index is -0.761. The van der Waals surface area contributed by atoms with Gasteiger partial charge in [-0.25, -0.2) is 4.98 Å². The van der Waals surface area contributed by atoms with Gasteiger partial charge in [-0.15, -0.1) is 0 Å². The lowest BCUT2D eigenvalue weighted by molar-refractivity contribution is -0.145. The summed E-state index contributed by atoms with van der Waals surface area (Å²) in [5, 5.41) is 9.21. The Labute approximate surface area is 148 Å². The lowest BCUT2D eigenvalue weighted by Gasteiger charge is -2.35. The summed E-state index contributed by atoms with van der Waals surface area (Å²) in [6.07, 6.45) is 7.12. The molecule has 2 aliphatic heterocycles. The highest BCUT2D eigenvalue weighted by Crippen LogP contribution is 2.25. The summed E-state index contributed by atoms with van der Waals surface area (Å²) in [7, 11) is 0. The van der Waals surface area contributed by atoms with Gasteiger partial charge in [-0.3, -0.25) is 9.59 Å². The third-order valence-electron chi connectivity index (χ3n) is 5.43. The van der Waals surface area contributed by atoms with Crippen molar-refractivity contribution < 1.29 is 14.7 Å². The zero-order valence-electron chi connectivity index (χ0n) is 14.9. The summed E-state index contributed by atoms with van der Waals surface area (Å²) in [5.74, 6) is -0.253. The van der Waals surface area contributed by atoms with E-state index in [0.717, 1.165) is 18.9 Å². The Kier molecular flexibility index (Phi) is 5.56. The molecule has 6 nitrogen and oxygen atoms in total. The molecule has 2 aliphatic rings. The number of piperidine rings is 1. The third-order valence-corrected chi connectivity index (χ3v) is 5.43. The molecule has 136 valence electrons. The van der Waals surface area contributed by atoms with Crippen LogP contribution in [0.1, 0.15) is 49.4 Å². The van der Waals surface area contributed by atoms with E-state index in [1.807, 2.05) is 19.1 Å². The highest BCUT2D eigenvalue weighted by molar-refractivity contribution is 5.94. The maximum Gasteiger partial charge on any atom is 0.306 e. The average Bonchev–Trinajstić information content (AvgIpc) is 2.90. The molecule has 0 saturated carbocycles. The monoisotopic (exact) mass is 345 g/mol. The number of nitrogens with zero attached hydrogens (tertiary/aromatic N) is 3. The van der Waals surface area contributed by atoms with Gasteiger partial charge >= 0.3 is 5.97 Å². The zero-order chi connectivity index (χ0) is 17.8. The molecule has 1 aromatic rings. The van der Waals surface area contributed by atoms with Crippen molar-refractivity contribution in [2.24, 2.45) is 11.8 Å². The van der Waals surface area contributed by atoms with Crippen LogP contribution >= 0.6 is 0 Å². The number of carboxylic acid groups (broad SMARTS) is 1. The van der Waals surface area contributed by atoms with Crippen LogP contribution in [0.4, 0.5) is 5.82 Å². The van der Waals surface area contributed by atoms with Gasteiger partial charge in [-0.05, 0) is 37.3 Å². The molecular formula is C19H27N3O3. The van der Waals surface area contributed by atoms with E-state index in [-0.39, 0.29) is 17.7 Å². The smallest absolute Gasteiger partial charge is 0.306 e. The van der Waals surface area contributed by atoms with Crippen LogP contribution in [0.5, 0.6) is 0 Å². The van der Waals surface area contributed by atoms with Gasteiger partial charge < -0.3 is 14.9 Å². The molecule has 2 unspecified atom stereocenters. The van der Waals surface area contributed by atoms with Gasteiger partial charge in [0.05, 0.1) is 11.5 Å². The fraction of sp³-hybridized carbons (Fsp3) is 0.632. The molecule has 0 aromatic carbocycles. The van der Waals surface area contributed by atoms with Gasteiger partial charge in [0.1, 0.15) is 5.82 Å². The first-order valence-corrected chi connectivity index (χ1v) is 9.29. The molecule has 25 heavy (non-hydrogen) atoms. The molecule has 1 N–H and O–H groups in total. The number of anilines is 1. The third kappa shape index (κ3) is 4.11. The molecule has 3 heterocycles. The zero-order valence-corrected chi connectivity index (χ0v) is 14.9. The van der Waals surface area contributed by atoms with Gasteiger partial charge in [0.25, 0.3) is 5.91 Å². The normalized spacial score (nSPS) is 24.7. The minimum absolute atomic E-state index is 0.0282. The van der Waals surface area contributed by atoms with Crippen LogP contribution in [-0.4, -0.2) is 53.0 Å². The summed E-state index contributed by atoms with van der Waals surface area (Å²) in [4.78, 5) is 32.5. The molecule has 1 aromatic heterocycles. The second kappa shape index (κ2) is 7.85. The number of pyridine rings is 1. The summed E-state index contributed by atoms with van der Waals surface area (Å²) in [6, 6.07) is 3.79. The van der Waals surface area contributed by atoms with Crippen molar-refractivity contribution in [2.75, 3.05) is 31.1 Å². The summed E-state index contributed by atoms with van der Waals surface area (Å²) >= 11 is 0. The number of carbonyl (C=O) groups excluding carboxylic acids is 1. The molecule has 2 atom stereocenters. The van der Waals surface area contributed by atoms with E-state index in [4.69, 9.17) is 0 Å². The first kappa shape index (κ1) is 17.7. The number of carbonyl (C=O) groups is 2.